The predicted molar refractivity (Wildman–Crippen MR) is 115 cm³/mol. The van der Waals surface area contributed by atoms with E-state index in [1.807, 2.05) is 6.07 Å². The van der Waals surface area contributed by atoms with Gasteiger partial charge in [0.25, 0.3) is 0 Å². The first-order valence-electron chi connectivity index (χ1n) is 9.20. The van der Waals surface area contributed by atoms with Crippen molar-refractivity contribution in [3.63, 3.8) is 0 Å². The van der Waals surface area contributed by atoms with Crippen LogP contribution in [-0.2, 0) is 0 Å². The third-order valence-electron chi connectivity index (χ3n) is 4.79. The summed E-state index contributed by atoms with van der Waals surface area (Å²) in [5.41, 5.74) is 6.81. The summed E-state index contributed by atoms with van der Waals surface area (Å²) in [5, 5.41) is 3.23. The van der Waals surface area contributed by atoms with Gasteiger partial charge in [0.2, 0.25) is 5.69 Å². The molecule has 2 aromatic carbocycles. The molecule has 0 saturated heterocycles. The summed E-state index contributed by atoms with van der Waals surface area (Å²) in [7, 11) is 0. The Morgan fingerprint density at radius 1 is 1.17 bits per heavy atom. The van der Waals surface area contributed by atoms with E-state index in [1.165, 1.54) is 30.5 Å². The van der Waals surface area contributed by atoms with E-state index in [0.717, 1.165) is 0 Å². The second kappa shape index (κ2) is 7.68. The zero-order valence-electron chi connectivity index (χ0n) is 16.0. The Balaban J connectivity index is 1.94. The Labute approximate surface area is 171 Å². The highest BCUT2D eigenvalue weighted by atomic mass is 19.1. The number of nitrogens with zero attached hydrogens (tertiary/aromatic N) is 2. The number of hydrogen-bond acceptors (Lipinski definition) is 5. The highest BCUT2D eigenvalue weighted by Gasteiger charge is 2.23. The molecule has 4 rings (SSSR count). The number of halogens is 1. The average molecular weight is 400 g/mol. The number of rotatable bonds is 4. The molecule has 3 N–H and O–H groups in total. The lowest BCUT2D eigenvalue weighted by Crippen LogP contribution is -2.20. The topological polar surface area (TPSA) is 85.5 Å². The third-order valence-corrected chi connectivity index (χ3v) is 4.79. The maximum absolute atomic E-state index is 14.4. The molecule has 0 saturated carbocycles. The molecule has 1 atom stereocenters. The number of nitrogens with one attached hydrogen (secondary N) is 1. The molecule has 7 heteroatoms. The molecular weight excluding hydrogens is 383 g/mol. The minimum Gasteiger partial charge on any atom is -0.452 e. The van der Waals surface area contributed by atoms with Crippen molar-refractivity contribution in [3.8, 4) is 11.3 Å². The van der Waals surface area contributed by atoms with Crippen molar-refractivity contribution >= 4 is 28.2 Å². The number of nitrogen functional groups attached to an aromatic ring is 1. The van der Waals surface area contributed by atoms with Gasteiger partial charge in [-0.3, -0.25) is 9.78 Å². The number of anilines is 2. The van der Waals surface area contributed by atoms with Crippen LogP contribution in [0, 0.1) is 12.4 Å². The molecule has 148 valence electrons. The highest BCUT2D eigenvalue weighted by molar-refractivity contribution is 5.82. The van der Waals surface area contributed by atoms with Crippen molar-refractivity contribution in [1.29, 1.82) is 0 Å². The van der Waals surface area contributed by atoms with Crippen molar-refractivity contribution in [3.05, 3.63) is 93.8 Å². The highest BCUT2D eigenvalue weighted by Crippen LogP contribution is 2.35. The third kappa shape index (κ3) is 3.25. The van der Waals surface area contributed by atoms with E-state index >= 15 is 0 Å². The first-order chi connectivity index (χ1) is 14.5. The number of nitrogens with two attached hydrogens (primary N) is 1. The Kier molecular flexibility index (Phi) is 4.90. The summed E-state index contributed by atoms with van der Waals surface area (Å²) < 4.78 is 20.3. The van der Waals surface area contributed by atoms with Gasteiger partial charge in [-0.25, -0.2) is 9.24 Å². The van der Waals surface area contributed by atoms with Gasteiger partial charge in [-0.2, -0.15) is 0 Å². The summed E-state index contributed by atoms with van der Waals surface area (Å²) in [5.74, 6) is -0.0940. The lowest BCUT2D eigenvalue weighted by atomic mass is 9.99. The molecule has 6 nitrogen and oxygen atoms in total. The molecule has 0 aliphatic heterocycles. The molecule has 0 amide bonds. The van der Waals surface area contributed by atoms with Crippen molar-refractivity contribution in [1.82, 2.24) is 4.98 Å². The number of aromatic nitrogens is 1. The lowest BCUT2D eigenvalue weighted by molar-refractivity contribution is 0.553. The summed E-state index contributed by atoms with van der Waals surface area (Å²) in [6.07, 6.45) is 1.48. The fourth-order valence-corrected chi connectivity index (χ4v) is 3.36. The van der Waals surface area contributed by atoms with Crippen LogP contribution in [0.4, 0.5) is 21.6 Å². The quantitative estimate of drug-likeness (QED) is 0.454. The van der Waals surface area contributed by atoms with Crippen molar-refractivity contribution < 1.29 is 8.81 Å². The van der Waals surface area contributed by atoms with Crippen LogP contribution in [0.15, 0.2) is 70.0 Å². The molecule has 2 aromatic heterocycles. The molecule has 2 heterocycles. The number of hydrogen-bond donors (Lipinski definition) is 2. The van der Waals surface area contributed by atoms with E-state index in [2.05, 4.69) is 15.1 Å². The molecule has 0 bridgehead atoms. The van der Waals surface area contributed by atoms with E-state index < -0.39 is 11.9 Å². The standard InChI is InChI=1S/C23H17FN4O2/c1-13(28-23-19(26-2)17(25)11-12-27-23)18-20(29)15-9-6-10-16(24)22(15)30-21(18)14-7-4-3-5-8-14/h3-13H,1H3,(H3,25,27,28). The zero-order chi connectivity index (χ0) is 21.3. The molecular formula is C23H17FN4O2. The van der Waals surface area contributed by atoms with Gasteiger partial charge in [0.05, 0.1) is 23.6 Å². The first-order valence-corrected chi connectivity index (χ1v) is 9.20. The van der Waals surface area contributed by atoms with Gasteiger partial charge in [0.15, 0.2) is 16.8 Å². The maximum Gasteiger partial charge on any atom is 0.250 e. The zero-order valence-corrected chi connectivity index (χ0v) is 16.0. The monoisotopic (exact) mass is 400 g/mol. The van der Waals surface area contributed by atoms with Crippen LogP contribution < -0.4 is 16.5 Å². The maximum atomic E-state index is 14.4. The molecule has 0 fully saturated rings. The van der Waals surface area contributed by atoms with Crippen LogP contribution in [0.25, 0.3) is 27.1 Å². The summed E-state index contributed by atoms with van der Waals surface area (Å²) in [6, 6.07) is 14.2. The number of benzene rings is 2. The van der Waals surface area contributed by atoms with Gasteiger partial charge in [0.1, 0.15) is 11.6 Å². The largest absolute Gasteiger partial charge is 0.452 e. The second-order valence-corrected chi connectivity index (χ2v) is 6.73. The average Bonchev–Trinajstić information content (AvgIpc) is 2.75. The van der Waals surface area contributed by atoms with Gasteiger partial charge in [-0.05, 0) is 25.1 Å². The molecule has 0 spiro atoms. The van der Waals surface area contributed by atoms with Gasteiger partial charge >= 0.3 is 0 Å². The minimum atomic E-state index is -0.610. The normalized spacial score (nSPS) is 11.8. The van der Waals surface area contributed by atoms with Gasteiger partial charge in [-0.15, -0.1) is 0 Å². The Morgan fingerprint density at radius 2 is 1.93 bits per heavy atom. The van der Waals surface area contributed by atoms with Crippen molar-refractivity contribution in [2.24, 2.45) is 0 Å². The lowest BCUT2D eigenvalue weighted by Gasteiger charge is -2.19. The van der Waals surface area contributed by atoms with Crippen LogP contribution in [-0.4, -0.2) is 4.98 Å². The van der Waals surface area contributed by atoms with E-state index in [9.17, 15) is 9.18 Å². The van der Waals surface area contributed by atoms with Gasteiger partial charge < -0.3 is 15.5 Å². The van der Waals surface area contributed by atoms with Crippen LogP contribution in [0.5, 0.6) is 0 Å². The first kappa shape index (κ1) is 19.2. The molecule has 0 radical (unpaired) electrons. The second-order valence-electron chi connectivity index (χ2n) is 6.73. The Morgan fingerprint density at radius 3 is 2.67 bits per heavy atom. The van der Waals surface area contributed by atoms with Crippen LogP contribution in [0.1, 0.15) is 18.5 Å². The van der Waals surface area contributed by atoms with E-state index in [-0.39, 0.29) is 39.4 Å². The van der Waals surface area contributed by atoms with Crippen LogP contribution in [0.2, 0.25) is 0 Å². The van der Waals surface area contributed by atoms with E-state index in [0.29, 0.717) is 11.1 Å². The molecule has 30 heavy (non-hydrogen) atoms. The van der Waals surface area contributed by atoms with E-state index in [1.54, 1.807) is 31.2 Å². The van der Waals surface area contributed by atoms with Crippen LogP contribution >= 0.6 is 0 Å². The van der Waals surface area contributed by atoms with Crippen LogP contribution in [0.3, 0.4) is 0 Å². The Bertz CT molecular complexity index is 1340. The van der Waals surface area contributed by atoms with E-state index in [4.69, 9.17) is 16.7 Å². The number of pyridine rings is 1. The summed E-state index contributed by atoms with van der Waals surface area (Å²) >= 11 is 0. The van der Waals surface area contributed by atoms with Crippen molar-refractivity contribution in [2.45, 2.75) is 13.0 Å². The minimum absolute atomic E-state index is 0.0961. The molecule has 0 aliphatic carbocycles. The SMILES string of the molecule is [C-]#[N+]c1c(N)ccnc1NC(C)c1c(-c2ccccc2)oc2c(F)cccc2c1=O. The molecule has 4 aromatic rings. The fourth-order valence-electron chi connectivity index (χ4n) is 3.36. The predicted octanol–water partition coefficient (Wildman–Crippen LogP) is 5.30. The number of para-hydroxylation sites is 1. The molecule has 0 aliphatic rings. The van der Waals surface area contributed by atoms with Crippen molar-refractivity contribution in [2.75, 3.05) is 11.1 Å². The van der Waals surface area contributed by atoms with Gasteiger partial charge in [0, 0.05) is 17.4 Å². The summed E-state index contributed by atoms with van der Waals surface area (Å²) in [6.45, 7) is 9.12. The Hall–Kier alpha value is -4.18. The fraction of sp³-hybridized carbons (Fsp3) is 0.0870. The van der Waals surface area contributed by atoms with Gasteiger partial charge in [-0.1, -0.05) is 36.4 Å². The number of fused-ring (bicyclic) bond motifs is 1. The molecule has 1 unspecified atom stereocenters. The summed E-state index contributed by atoms with van der Waals surface area (Å²) in [4.78, 5) is 21.0. The smallest absolute Gasteiger partial charge is 0.250 e.